The zero-order valence-electron chi connectivity index (χ0n) is 10.4. The zero-order valence-corrected chi connectivity index (χ0v) is 10.4. The maximum atomic E-state index is 10.8. The SMILES string of the molecule is Cc1oc(C(=O)O)cc1COc1ccccc1CO. The van der Waals surface area contributed by atoms with Crippen molar-refractivity contribution in [3.05, 3.63) is 53.0 Å². The maximum absolute atomic E-state index is 10.8. The second kappa shape index (κ2) is 5.58. The van der Waals surface area contributed by atoms with E-state index in [0.29, 0.717) is 22.6 Å². The summed E-state index contributed by atoms with van der Waals surface area (Å²) < 4.78 is 10.7. The van der Waals surface area contributed by atoms with Gasteiger partial charge in [0, 0.05) is 11.1 Å². The van der Waals surface area contributed by atoms with Crippen LogP contribution in [0.15, 0.2) is 34.7 Å². The molecule has 2 rings (SSSR count). The molecule has 5 nitrogen and oxygen atoms in total. The van der Waals surface area contributed by atoms with Gasteiger partial charge in [-0.1, -0.05) is 18.2 Å². The molecular formula is C14H14O5. The van der Waals surface area contributed by atoms with E-state index in [9.17, 15) is 9.90 Å². The van der Waals surface area contributed by atoms with E-state index in [1.165, 1.54) is 6.07 Å². The molecule has 1 aromatic carbocycles. The van der Waals surface area contributed by atoms with Crippen molar-refractivity contribution < 1.29 is 24.2 Å². The molecule has 5 heteroatoms. The quantitative estimate of drug-likeness (QED) is 0.864. The molecule has 0 unspecified atom stereocenters. The van der Waals surface area contributed by atoms with Gasteiger partial charge in [0.05, 0.1) is 6.61 Å². The summed E-state index contributed by atoms with van der Waals surface area (Å²) in [5.41, 5.74) is 1.35. The Balaban J connectivity index is 2.12. The first-order chi connectivity index (χ1) is 9.11. The Bertz CT molecular complexity index is 585. The van der Waals surface area contributed by atoms with Crippen molar-refractivity contribution >= 4 is 5.97 Å². The molecule has 0 atom stereocenters. The van der Waals surface area contributed by atoms with Gasteiger partial charge in [0.15, 0.2) is 0 Å². The normalized spacial score (nSPS) is 10.4. The van der Waals surface area contributed by atoms with Gasteiger partial charge in [-0.2, -0.15) is 0 Å². The number of carboxylic acids is 1. The van der Waals surface area contributed by atoms with Crippen LogP contribution < -0.4 is 4.74 Å². The summed E-state index contributed by atoms with van der Waals surface area (Å²) in [4.78, 5) is 10.8. The Kier molecular flexibility index (Phi) is 3.87. The number of furan rings is 1. The summed E-state index contributed by atoms with van der Waals surface area (Å²) in [6.45, 7) is 1.77. The van der Waals surface area contributed by atoms with E-state index in [1.807, 2.05) is 6.07 Å². The number of aliphatic hydroxyl groups is 1. The zero-order chi connectivity index (χ0) is 13.8. The third-order valence-corrected chi connectivity index (χ3v) is 2.76. The smallest absolute Gasteiger partial charge is 0.371 e. The number of carbonyl (C=O) groups is 1. The highest BCUT2D eigenvalue weighted by Gasteiger charge is 2.13. The molecule has 0 amide bonds. The molecule has 2 N–H and O–H groups in total. The first kappa shape index (κ1) is 13.2. The Morgan fingerprint density at radius 3 is 2.68 bits per heavy atom. The number of hydrogen-bond acceptors (Lipinski definition) is 4. The molecule has 19 heavy (non-hydrogen) atoms. The first-order valence-electron chi connectivity index (χ1n) is 5.76. The fourth-order valence-electron chi connectivity index (χ4n) is 1.70. The molecule has 1 heterocycles. The van der Waals surface area contributed by atoms with E-state index >= 15 is 0 Å². The number of rotatable bonds is 5. The molecule has 0 saturated heterocycles. The van der Waals surface area contributed by atoms with E-state index in [0.717, 1.165) is 0 Å². The van der Waals surface area contributed by atoms with Crippen LogP contribution in [0.1, 0.15) is 27.4 Å². The van der Waals surface area contributed by atoms with E-state index in [2.05, 4.69) is 0 Å². The average Bonchev–Trinajstić information content (AvgIpc) is 2.78. The molecule has 0 fully saturated rings. The van der Waals surface area contributed by atoms with Gasteiger partial charge in [0.25, 0.3) is 0 Å². The third kappa shape index (κ3) is 2.95. The standard InChI is InChI=1S/C14H14O5/c1-9-11(6-13(19-9)14(16)17)8-18-12-5-3-2-4-10(12)7-15/h2-6,15H,7-8H2,1H3,(H,16,17). The van der Waals surface area contributed by atoms with E-state index in [4.69, 9.17) is 14.3 Å². The Labute approximate surface area is 110 Å². The van der Waals surface area contributed by atoms with Crippen LogP contribution in [-0.2, 0) is 13.2 Å². The van der Waals surface area contributed by atoms with Crippen molar-refractivity contribution in [2.24, 2.45) is 0 Å². The molecule has 0 spiro atoms. The number of ether oxygens (including phenoxy) is 1. The molecular weight excluding hydrogens is 248 g/mol. The molecule has 2 aromatic rings. The van der Waals surface area contributed by atoms with Gasteiger partial charge in [0.1, 0.15) is 18.1 Å². The van der Waals surface area contributed by atoms with Gasteiger partial charge < -0.3 is 19.4 Å². The molecule has 1 aromatic heterocycles. The molecule has 0 bridgehead atoms. The highest BCUT2D eigenvalue weighted by Crippen LogP contribution is 2.21. The Morgan fingerprint density at radius 2 is 2.05 bits per heavy atom. The summed E-state index contributed by atoms with van der Waals surface area (Å²) in [5.74, 6) is -0.127. The monoisotopic (exact) mass is 262 g/mol. The van der Waals surface area contributed by atoms with E-state index in [-0.39, 0.29) is 19.0 Å². The Hall–Kier alpha value is -2.27. The lowest BCUT2D eigenvalue weighted by Crippen LogP contribution is -1.99. The minimum absolute atomic E-state index is 0.105. The van der Waals surface area contributed by atoms with Crippen molar-refractivity contribution in [2.45, 2.75) is 20.1 Å². The number of aryl methyl sites for hydroxylation is 1. The number of aliphatic hydroxyl groups excluding tert-OH is 1. The largest absolute Gasteiger partial charge is 0.488 e. The van der Waals surface area contributed by atoms with Gasteiger partial charge in [-0.05, 0) is 19.1 Å². The lowest BCUT2D eigenvalue weighted by molar-refractivity contribution is 0.0661. The average molecular weight is 262 g/mol. The Morgan fingerprint density at radius 1 is 1.32 bits per heavy atom. The molecule has 0 radical (unpaired) electrons. The summed E-state index contributed by atoms with van der Waals surface area (Å²) >= 11 is 0. The van der Waals surface area contributed by atoms with Crippen molar-refractivity contribution in [3.63, 3.8) is 0 Å². The molecule has 0 aliphatic carbocycles. The van der Waals surface area contributed by atoms with Crippen molar-refractivity contribution in [2.75, 3.05) is 0 Å². The van der Waals surface area contributed by atoms with Crippen LogP contribution in [-0.4, -0.2) is 16.2 Å². The molecule has 100 valence electrons. The van der Waals surface area contributed by atoms with Crippen LogP contribution in [0.3, 0.4) is 0 Å². The summed E-state index contributed by atoms with van der Waals surface area (Å²) in [6, 6.07) is 8.57. The fraction of sp³-hybridized carbons (Fsp3) is 0.214. The van der Waals surface area contributed by atoms with Gasteiger partial charge in [-0.15, -0.1) is 0 Å². The fourth-order valence-corrected chi connectivity index (χ4v) is 1.70. The lowest BCUT2D eigenvalue weighted by atomic mass is 10.2. The number of aromatic carboxylic acids is 1. The van der Waals surface area contributed by atoms with Crippen LogP contribution in [0.25, 0.3) is 0 Å². The number of para-hydroxylation sites is 1. The highest BCUT2D eigenvalue weighted by atomic mass is 16.5. The molecule has 0 aliphatic heterocycles. The highest BCUT2D eigenvalue weighted by molar-refractivity contribution is 5.84. The maximum Gasteiger partial charge on any atom is 0.371 e. The van der Waals surface area contributed by atoms with Crippen LogP contribution in [0, 0.1) is 6.92 Å². The minimum atomic E-state index is -1.11. The predicted octanol–water partition coefficient (Wildman–Crippen LogP) is 2.36. The summed E-state index contributed by atoms with van der Waals surface area (Å²) in [5, 5.41) is 18.0. The summed E-state index contributed by atoms with van der Waals surface area (Å²) in [7, 11) is 0. The van der Waals surface area contributed by atoms with Crippen LogP contribution in [0.4, 0.5) is 0 Å². The topological polar surface area (TPSA) is 79.9 Å². The van der Waals surface area contributed by atoms with E-state index in [1.54, 1.807) is 25.1 Å². The number of carboxylic acid groups (broad SMARTS) is 1. The van der Waals surface area contributed by atoms with Crippen LogP contribution in [0.2, 0.25) is 0 Å². The molecule has 0 aliphatic rings. The minimum Gasteiger partial charge on any atom is -0.488 e. The first-order valence-corrected chi connectivity index (χ1v) is 5.76. The number of benzene rings is 1. The van der Waals surface area contributed by atoms with Gasteiger partial charge >= 0.3 is 5.97 Å². The van der Waals surface area contributed by atoms with Crippen LogP contribution >= 0.6 is 0 Å². The number of hydrogen-bond donors (Lipinski definition) is 2. The molecule has 0 saturated carbocycles. The van der Waals surface area contributed by atoms with E-state index < -0.39 is 5.97 Å². The second-order valence-corrected chi connectivity index (χ2v) is 4.05. The predicted molar refractivity (Wildman–Crippen MR) is 67.1 cm³/mol. The van der Waals surface area contributed by atoms with Gasteiger partial charge in [0.2, 0.25) is 5.76 Å². The van der Waals surface area contributed by atoms with Gasteiger partial charge in [-0.3, -0.25) is 0 Å². The van der Waals surface area contributed by atoms with Crippen molar-refractivity contribution in [3.8, 4) is 5.75 Å². The van der Waals surface area contributed by atoms with Crippen molar-refractivity contribution in [1.29, 1.82) is 0 Å². The lowest BCUT2D eigenvalue weighted by Gasteiger charge is -2.08. The van der Waals surface area contributed by atoms with Gasteiger partial charge in [-0.25, -0.2) is 4.79 Å². The van der Waals surface area contributed by atoms with Crippen molar-refractivity contribution in [1.82, 2.24) is 0 Å². The third-order valence-electron chi connectivity index (χ3n) is 2.76. The summed E-state index contributed by atoms with van der Waals surface area (Å²) in [6.07, 6.45) is 0. The second-order valence-electron chi connectivity index (χ2n) is 4.05. The van der Waals surface area contributed by atoms with Crippen LogP contribution in [0.5, 0.6) is 5.75 Å².